The molecule has 1 aliphatic carbocycles. The molecule has 1 saturated carbocycles. The Balaban J connectivity index is 2.52. The molecule has 60 valence electrons. The van der Waals surface area contributed by atoms with Gasteiger partial charge in [0.25, 0.3) is 0 Å². The predicted octanol–water partition coefficient (Wildman–Crippen LogP) is 3.38. The van der Waals surface area contributed by atoms with Gasteiger partial charge in [-0.1, -0.05) is 25.7 Å². The zero-order chi connectivity index (χ0) is 8.27. The topological polar surface area (TPSA) is 0 Å². The molecule has 0 bridgehead atoms. The first-order chi connectivity index (χ1) is 5.25. The molecule has 0 aliphatic heterocycles. The molecule has 11 heavy (non-hydrogen) atoms. The monoisotopic (exact) mass is 152 g/mol. The SMILES string of the molecule is C=C/C=C(/F)C(=C)C1CCC1. The molecule has 0 radical (unpaired) electrons. The zero-order valence-corrected chi connectivity index (χ0v) is 6.65. The highest BCUT2D eigenvalue weighted by molar-refractivity contribution is 5.28. The number of hydrogen-bond acceptors (Lipinski definition) is 0. The van der Waals surface area contributed by atoms with Crippen molar-refractivity contribution in [2.75, 3.05) is 0 Å². The molecule has 1 heteroatoms. The highest BCUT2D eigenvalue weighted by Crippen LogP contribution is 2.35. The van der Waals surface area contributed by atoms with E-state index < -0.39 is 0 Å². The van der Waals surface area contributed by atoms with Crippen LogP contribution in [0.4, 0.5) is 4.39 Å². The molecule has 0 aromatic rings. The van der Waals surface area contributed by atoms with Crippen LogP contribution in [0.2, 0.25) is 0 Å². The van der Waals surface area contributed by atoms with Crippen molar-refractivity contribution in [2.45, 2.75) is 19.3 Å². The van der Waals surface area contributed by atoms with Crippen LogP contribution in [0.25, 0.3) is 0 Å². The molecule has 0 heterocycles. The molecule has 0 atom stereocenters. The molecule has 0 saturated heterocycles. The third-order valence-electron chi connectivity index (χ3n) is 2.17. The van der Waals surface area contributed by atoms with Crippen molar-refractivity contribution in [3.63, 3.8) is 0 Å². The Morgan fingerprint density at radius 1 is 1.45 bits per heavy atom. The molecule has 0 aromatic carbocycles. The number of halogens is 1. The third kappa shape index (κ3) is 1.79. The van der Waals surface area contributed by atoms with E-state index in [2.05, 4.69) is 13.2 Å². The van der Waals surface area contributed by atoms with E-state index in [-0.39, 0.29) is 5.83 Å². The Bertz CT molecular complexity index is 197. The van der Waals surface area contributed by atoms with E-state index in [1.54, 1.807) is 0 Å². The molecular weight excluding hydrogens is 139 g/mol. The number of allylic oxidation sites excluding steroid dienone is 4. The minimum absolute atomic E-state index is 0.204. The van der Waals surface area contributed by atoms with Gasteiger partial charge in [0, 0.05) is 0 Å². The van der Waals surface area contributed by atoms with Crippen LogP contribution in [0.1, 0.15) is 19.3 Å². The maximum Gasteiger partial charge on any atom is 0.126 e. The molecule has 0 spiro atoms. The summed E-state index contributed by atoms with van der Waals surface area (Å²) in [6.45, 7) is 7.13. The molecule has 0 nitrogen and oxygen atoms in total. The average Bonchev–Trinajstić information content (AvgIpc) is 1.84. The summed E-state index contributed by atoms with van der Waals surface area (Å²) in [6, 6.07) is 0. The van der Waals surface area contributed by atoms with E-state index in [9.17, 15) is 4.39 Å². The third-order valence-corrected chi connectivity index (χ3v) is 2.17. The molecule has 1 fully saturated rings. The van der Waals surface area contributed by atoms with E-state index in [4.69, 9.17) is 0 Å². The summed E-state index contributed by atoms with van der Waals surface area (Å²) in [5, 5.41) is 0. The largest absolute Gasteiger partial charge is 0.207 e. The van der Waals surface area contributed by atoms with Crippen LogP contribution in [0, 0.1) is 5.92 Å². The summed E-state index contributed by atoms with van der Waals surface area (Å²) in [5.41, 5.74) is 0.649. The lowest BCUT2D eigenvalue weighted by molar-refractivity contribution is 0.361. The lowest BCUT2D eigenvalue weighted by Gasteiger charge is -2.26. The fourth-order valence-electron chi connectivity index (χ4n) is 1.16. The van der Waals surface area contributed by atoms with Gasteiger partial charge in [-0.15, -0.1) is 0 Å². The van der Waals surface area contributed by atoms with E-state index in [1.165, 1.54) is 18.6 Å². The first-order valence-corrected chi connectivity index (χ1v) is 3.93. The lowest BCUT2D eigenvalue weighted by atomic mass is 9.80. The first kappa shape index (κ1) is 8.25. The molecular formula is C10H13F. The molecule has 0 unspecified atom stereocenters. The van der Waals surface area contributed by atoms with Gasteiger partial charge >= 0.3 is 0 Å². The normalized spacial score (nSPS) is 19.2. The zero-order valence-electron chi connectivity index (χ0n) is 6.65. The Morgan fingerprint density at radius 2 is 2.09 bits per heavy atom. The van der Waals surface area contributed by atoms with Crippen LogP contribution >= 0.6 is 0 Å². The van der Waals surface area contributed by atoms with Crippen molar-refractivity contribution in [2.24, 2.45) is 5.92 Å². The maximum atomic E-state index is 13.0. The van der Waals surface area contributed by atoms with Crippen molar-refractivity contribution >= 4 is 0 Å². The van der Waals surface area contributed by atoms with Gasteiger partial charge in [-0.25, -0.2) is 4.39 Å². The van der Waals surface area contributed by atoms with Gasteiger partial charge in [0.15, 0.2) is 0 Å². The Labute approximate surface area is 67.1 Å². The maximum absolute atomic E-state index is 13.0. The fraction of sp³-hybridized carbons (Fsp3) is 0.400. The molecule has 0 aromatic heterocycles. The molecule has 0 amide bonds. The highest BCUT2D eigenvalue weighted by atomic mass is 19.1. The summed E-state index contributed by atoms with van der Waals surface area (Å²) in [4.78, 5) is 0. The van der Waals surface area contributed by atoms with E-state index in [0.717, 1.165) is 12.8 Å². The van der Waals surface area contributed by atoms with E-state index in [1.807, 2.05) is 0 Å². The number of rotatable bonds is 3. The molecule has 0 N–H and O–H groups in total. The van der Waals surface area contributed by atoms with Gasteiger partial charge in [-0.3, -0.25) is 0 Å². The lowest BCUT2D eigenvalue weighted by Crippen LogP contribution is -2.13. The van der Waals surface area contributed by atoms with Gasteiger partial charge in [0.1, 0.15) is 5.83 Å². The first-order valence-electron chi connectivity index (χ1n) is 3.93. The van der Waals surface area contributed by atoms with Crippen molar-refractivity contribution in [3.8, 4) is 0 Å². The van der Waals surface area contributed by atoms with Crippen LogP contribution in [0.15, 0.2) is 36.7 Å². The van der Waals surface area contributed by atoms with Gasteiger partial charge in [-0.2, -0.15) is 0 Å². The van der Waals surface area contributed by atoms with Gasteiger partial charge in [-0.05, 0) is 30.4 Å². The van der Waals surface area contributed by atoms with Crippen molar-refractivity contribution in [1.82, 2.24) is 0 Å². The summed E-state index contributed by atoms with van der Waals surface area (Å²) in [5.74, 6) is 0.191. The van der Waals surface area contributed by atoms with Crippen LogP contribution in [0.3, 0.4) is 0 Å². The number of hydrogen-bond donors (Lipinski definition) is 0. The second-order valence-electron chi connectivity index (χ2n) is 2.90. The minimum Gasteiger partial charge on any atom is -0.207 e. The van der Waals surface area contributed by atoms with Crippen LogP contribution in [-0.2, 0) is 0 Å². The van der Waals surface area contributed by atoms with Crippen molar-refractivity contribution in [3.05, 3.63) is 36.7 Å². The van der Waals surface area contributed by atoms with Crippen LogP contribution < -0.4 is 0 Å². The minimum atomic E-state index is -0.204. The fourth-order valence-corrected chi connectivity index (χ4v) is 1.16. The van der Waals surface area contributed by atoms with E-state index in [0.29, 0.717) is 11.5 Å². The standard InChI is InChI=1S/C10H13F/c1-3-5-10(11)8(2)9-6-4-7-9/h3,5,9H,1-2,4,6-7H2/b10-5+. The Kier molecular flexibility index (Phi) is 2.64. The quantitative estimate of drug-likeness (QED) is 0.544. The smallest absolute Gasteiger partial charge is 0.126 e. The second-order valence-corrected chi connectivity index (χ2v) is 2.90. The van der Waals surface area contributed by atoms with Gasteiger partial charge in [0.2, 0.25) is 0 Å². The summed E-state index contributed by atoms with van der Waals surface area (Å²) >= 11 is 0. The Morgan fingerprint density at radius 3 is 2.45 bits per heavy atom. The van der Waals surface area contributed by atoms with Gasteiger partial charge in [0.05, 0.1) is 0 Å². The highest BCUT2D eigenvalue weighted by Gasteiger charge is 2.22. The Hall–Kier alpha value is -0.850. The predicted molar refractivity (Wildman–Crippen MR) is 45.9 cm³/mol. The van der Waals surface area contributed by atoms with Crippen molar-refractivity contribution in [1.29, 1.82) is 0 Å². The van der Waals surface area contributed by atoms with Gasteiger partial charge < -0.3 is 0 Å². The van der Waals surface area contributed by atoms with Crippen LogP contribution in [0.5, 0.6) is 0 Å². The molecule has 1 rings (SSSR count). The summed E-state index contributed by atoms with van der Waals surface area (Å²) < 4.78 is 13.0. The van der Waals surface area contributed by atoms with Crippen molar-refractivity contribution < 1.29 is 4.39 Å². The second kappa shape index (κ2) is 3.51. The van der Waals surface area contributed by atoms with E-state index >= 15 is 0 Å². The summed E-state index contributed by atoms with van der Waals surface area (Å²) in [7, 11) is 0. The molecule has 1 aliphatic rings. The summed E-state index contributed by atoms with van der Waals surface area (Å²) in [6.07, 6.45) is 6.24. The average molecular weight is 152 g/mol. The van der Waals surface area contributed by atoms with Crippen LogP contribution in [-0.4, -0.2) is 0 Å².